The molecular formula is C14H18N2. The van der Waals surface area contributed by atoms with Gasteiger partial charge in [-0.3, -0.25) is 4.98 Å². The average molecular weight is 214 g/mol. The van der Waals surface area contributed by atoms with E-state index >= 15 is 0 Å². The van der Waals surface area contributed by atoms with Crippen LogP contribution in [0.1, 0.15) is 25.2 Å². The number of aromatic nitrogens is 1. The zero-order valence-corrected chi connectivity index (χ0v) is 10.3. The Balaban J connectivity index is 2.77. The first-order valence-corrected chi connectivity index (χ1v) is 5.60. The number of pyridine rings is 1. The maximum Gasteiger partial charge on any atom is 0.0680 e. The van der Waals surface area contributed by atoms with Gasteiger partial charge in [-0.1, -0.05) is 24.3 Å². The fourth-order valence-electron chi connectivity index (χ4n) is 1.93. The van der Waals surface area contributed by atoms with Crippen LogP contribution in [0.4, 0.5) is 0 Å². The molecule has 16 heavy (non-hydrogen) atoms. The molecule has 0 aliphatic rings. The van der Waals surface area contributed by atoms with Crippen LogP contribution in [0.25, 0.3) is 10.8 Å². The van der Waals surface area contributed by atoms with E-state index in [0.29, 0.717) is 0 Å². The zero-order valence-electron chi connectivity index (χ0n) is 10.3. The van der Waals surface area contributed by atoms with Gasteiger partial charge in [0.15, 0.2) is 0 Å². The largest absolute Gasteiger partial charge is 0.310 e. The van der Waals surface area contributed by atoms with Crippen LogP contribution in [0.3, 0.4) is 0 Å². The molecule has 2 nitrogen and oxygen atoms in total. The molecule has 0 fully saturated rings. The summed E-state index contributed by atoms with van der Waals surface area (Å²) in [6.07, 6.45) is 0. The second-order valence-corrected chi connectivity index (χ2v) is 4.71. The van der Waals surface area contributed by atoms with Crippen molar-refractivity contribution in [1.29, 1.82) is 0 Å². The predicted molar refractivity (Wildman–Crippen MR) is 68.6 cm³/mol. The van der Waals surface area contributed by atoms with Gasteiger partial charge in [-0.2, -0.15) is 0 Å². The first-order valence-electron chi connectivity index (χ1n) is 5.60. The second-order valence-electron chi connectivity index (χ2n) is 4.71. The highest BCUT2D eigenvalue weighted by Gasteiger charge is 2.22. The Labute approximate surface area is 96.7 Å². The van der Waals surface area contributed by atoms with Gasteiger partial charge in [0, 0.05) is 11.1 Å². The van der Waals surface area contributed by atoms with Gasteiger partial charge in [-0.15, -0.1) is 0 Å². The summed E-state index contributed by atoms with van der Waals surface area (Å²) in [5, 5.41) is 5.80. The van der Waals surface area contributed by atoms with Crippen molar-refractivity contribution in [3.8, 4) is 0 Å². The minimum Gasteiger partial charge on any atom is -0.310 e. The molecule has 0 amide bonds. The second kappa shape index (κ2) is 3.87. The zero-order chi connectivity index (χ0) is 11.8. The van der Waals surface area contributed by atoms with Gasteiger partial charge >= 0.3 is 0 Å². The molecular weight excluding hydrogens is 196 g/mol. The summed E-state index contributed by atoms with van der Waals surface area (Å²) in [6.45, 7) is 6.35. The smallest absolute Gasteiger partial charge is 0.0680 e. The predicted octanol–water partition coefficient (Wildman–Crippen LogP) is 3.00. The SMILES string of the molecule is CNC(C)(C)c1nc(C)cc2ccccc12. The Bertz CT molecular complexity index is 515. The molecule has 0 unspecified atom stereocenters. The highest BCUT2D eigenvalue weighted by Crippen LogP contribution is 2.26. The molecule has 0 atom stereocenters. The topological polar surface area (TPSA) is 24.9 Å². The van der Waals surface area contributed by atoms with Crippen LogP contribution in [-0.2, 0) is 5.54 Å². The van der Waals surface area contributed by atoms with Crippen LogP contribution < -0.4 is 5.32 Å². The van der Waals surface area contributed by atoms with Crippen molar-refractivity contribution in [2.75, 3.05) is 7.05 Å². The van der Waals surface area contributed by atoms with Gasteiger partial charge < -0.3 is 5.32 Å². The lowest BCUT2D eigenvalue weighted by Crippen LogP contribution is -2.34. The summed E-state index contributed by atoms with van der Waals surface area (Å²) >= 11 is 0. The molecule has 2 aromatic rings. The van der Waals surface area contributed by atoms with Crippen LogP contribution >= 0.6 is 0 Å². The molecule has 0 radical (unpaired) electrons. The van der Waals surface area contributed by atoms with Gasteiger partial charge in [0.25, 0.3) is 0 Å². The molecule has 1 aromatic carbocycles. The lowest BCUT2D eigenvalue weighted by molar-refractivity contribution is 0.435. The third-order valence-corrected chi connectivity index (χ3v) is 3.09. The molecule has 0 aliphatic heterocycles. The Morgan fingerprint density at radius 2 is 1.88 bits per heavy atom. The van der Waals surface area contributed by atoms with Crippen LogP contribution in [0.15, 0.2) is 30.3 Å². The van der Waals surface area contributed by atoms with Gasteiger partial charge in [-0.05, 0) is 39.3 Å². The minimum atomic E-state index is -0.106. The van der Waals surface area contributed by atoms with Crippen LogP contribution in [0, 0.1) is 6.92 Å². The first kappa shape index (κ1) is 11.1. The quantitative estimate of drug-likeness (QED) is 0.831. The normalized spacial score (nSPS) is 12.0. The summed E-state index contributed by atoms with van der Waals surface area (Å²) < 4.78 is 0. The Morgan fingerprint density at radius 3 is 2.56 bits per heavy atom. The van der Waals surface area contributed by atoms with Crippen molar-refractivity contribution in [1.82, 2.24) is 10.3 Å². The number of benzene rings is 1. The number of hydrogen-bond acceptors (Lipinski definition) is 2. The van der Waals surface area contributed by atoms with Gasteiger partial charge in [0.1, 0.15) is 0 Å². The molecule has 0 saturated carbocycles. The van der Waals surface area contributed by atoms with Crippen molar-refractivity contribution < 1.29 is 0 Å². The number of fused-ring (bicyclic) bond motifs is 1. The molecule has 0 spiro atoms. The molecule has 0 bridgehead atoms. The number of hydrogen-bond donors (Lipinski definition) is 1. The van der Waals surface area contributed by atoms with E-state index in [1.807, 2.05) is 14.0 Å². The highest BCUT2D eigenvalue weighted by molar-refractivity contribution is 5.85. The third-order valence-electron chi connectivity index (χ3n) is 3.09. The summed E-state index contributed by atoms with van der Waals surface area (Å²) in [5.74, 6) is 0. The molecule has 1 N–H and O–H groups in total. The maximum absolute atomic E-state index is 4.68. The van der Waals surface area contributed by atoms with Crippen molar-refractivity contribution in [2.45, 2.75) is 26.3 Å². The molecule has 84 valence electrons. The van der Waals surface area contributed by atoms with Gasteiger partial charge in [0.05, 0.1) is 11.2 Å². The molecule has 2 heteroatoms. The third kappa shape index (κ3) is 1.81. The molecule has 1 aromatic heterocycles. The maximum atomic E-state index is 4.68. The van der Waals surface area contributed by atoms with Crippen LogP contribution in [-0.4, -0.2) is 12.0 Å². The van der Waals surface area contributed by atoms with Gasteiger partial charge in [-0.25, -0.2) is 0 Å². The van der Waals surface area contributed by atoms with E-state index in [1.54, 1.807) is 0 Å². The fraction of sp³-hybridized carbons (Fsp3) is 0.357. The van der Waals surface area contributed by atoms with Crippen molar-refractivity contribution >= 4 is 10.8 Å². The van der Waals surface area contributed by atoms with E-state index in [9.17, 15) is 0 Å². The first-order chi connectivity index (χ1) is 7.54. The van der Waals surface area contributed by atoms with Crippen molar-refractivity contribution in [3.63, 3.8) is 0 Å². The molecule has 1 heterocycles. The van der Waals surface area contributed by atoms with Crippen LogP contribution in [0.5, 0.6) is 0 Å². The Kier molecular flexibility index (Phi) is 2.68. The summed E-state index contributed by atoms with van der Waals surface area (Å²) in [6, 6.07) is 10.5. The Hall–Kier alpha value is -1.41. The number of nitrogens with zero attached hydrogens (tertiary/aromatic N) is 1. The lowest BCUT2D eigenvalue weighted by atomic mass is 9.94. The van der Waals surface area contributed by atoms with Crippen molar-refractivity contribution in [3.05, 3.63) is 41.7 Å². The summed E-state index contributed by atoms with van der Waals surface area (Å²) in [7, 11) is 1.97. The summed E-state index contributed by atoms with van der Waals surface area (Å²) in [5.41, 5.74) is 2.08. The number of aryl methyl sites for hydroxylation is 1. The number of rotatable bonds is 2. The molecule has 2 rings (SSSR count). The van der Waals surface area contributed by atoms with E-state index in [1.165, 1.54) is 10.8 Å². The lowest BCUT2D eigenvalue weighted by Gasteiger charge is -2.25. The van der Waals surface area contributed by atoms with Crippen molar-refractivity contribution in [2.24, 2.45) is 0 Å². The monoisotopic (exact) mass is 214 g/mol. The van der Waals surface area contributed by atoms with E-state index in [2.05, 4.69) is 54.5 Å². The van der Waals surface area contributed by atoms with E-state index in [0.717, 1.165) is 11.4 Å². The highest BCUT2D eigenvalue weighted by atomic mass is 15.0. The van der Waals surface area contributed by atoms with E-state index in [4.69, 9.17) is 0 Å². The fourth-order valence-corrected chi connectivity index (χ4v) is 1.93. The summed E-state index contributed by atoms with van der Waals surface area (Å²) in [4.78, 5) is 4.68. The Morgan fingerprint density at radius 1 is 1.19 bits per heavy atom. The number of nitrogens with one attached hydrogen (secondary N) is 1. The standard InChI is InChI=1S/C14H18N2/c1-10-9-11-7-5-6-8-12(11)13(16-10)14(2,3)15-4/h5-9,15H,1-4H3. The van der Waals surface area contributed by atoms with E-state index in [-0.39, 0.29) is 5.54 Å². The van der Waals surface area contributed by atoms with Crippen LogP contribution in [0.2, 0.25) is 0 Å². The van der Waals surface area contributed by atoms with Gasteiger partial charge in [0.2, 0.25) is 0 Å². The minimum absolute atomic E-state index is 0.106. The molecule has 0 aliphatic carbocycles. The molecule has 0 saturated heterocycles. The van der Waals surface area contributed by atoms with E-state index < -0.39 is 0 Å². The average Bonchev–Trinajstić information content (AvgIpc) is 2.28.